The fourth-order valence-electron chi connectivity index (χ4n) is 5.21. The van der Waals surface area contributed by atoms with Gasteiger partial charge < -0.3 is 19.6 Å². The topological polar surface area (TPSA) is 118 Å². The zero-order chi connectivity index (χ0) is 23.6. The molecule has 2 heterocycles. The van der Waals surface area contributed by atoms with Crippen molar-refractivity contribution in [3.63, 3.8) is 0 Å². The lowest BCUT2D eigenvalue weighted by Gasteiger charge is -2.46. The molecule has 1 aromatic carbocycles. The molecule has 0 bridgehead atoms. The molecular weight excluding hydrogens is 431 g/mol. The van der Waals surface area contributed by atoms with Crippen molar-refractivity contribution in [2.24, 2.45) is 0 Å². The highest BCUT2D eigenvalue weighted by molar-refractivity contribution is 7.45. The number of aromatic nitrogens is 1. The number of hydrogen-bond donors (Lipinski definition) is 4. The first-order chi connectivity index (χ1) is 15.0. The highest BCUT2D eigenvalue weighted by Crippen LogP contribution is 2.44. The Balaban J connectivity index is 0.000000523. The molecule has 1 saturated heterocycles. The summed E-state index contributed by atoms with van der Waals surface area (Å²) in [7, 11) is -4.64. The standard InChI is InChI=1S/C22H32N4O.H3O4P/c1-5-24(6-2)22(27)23-26-14-16-13-20-17(10-8-12-25(20)15(3)4)18-9-7-11-19(26)21(16)18;1-5(2,3)4/h7,9,11,14-15,17,20H,5-6,8,10,12-13H2,1-4H3,(H,23,27);(H3,1,2,3,4)/t17?,20-;/m1./s1. The van der Waals surface area contributed by atoms with Gasteiger partial charge in [0.2, 0.25) is 0 Å². The van der Waals surface area contributed by atoms with E-state index in [-0.39, 0.29) is 6.03 Å². The minimum absolute atomic E-state index is 0.0330. The Kier molecular flexibility index (Phi) is 7.68. The van der Waals surface area contributed by atoms with Gasteiger partial charge in [-0.25, -0.2) is 14.8 Å². The number of carbonyl (C=O) groups excluding carboxylic acids is 1. The molecule has 1 fully saturated rings. The Morgan fingerprint density at radius 2 is 1.91 bits per heavy atom. The molecule has 1 aliphatic heterocycles. The summed E-state index contributed by atoms with van der Waals surface area (Å²) in [6.07, 6.45) is 5.76. The second-order valence-corrected chi connectivity index (χ2v) is 9.75. The number of hydrogen-bond acceptors (Lipinski definition) is 3. The van der Waals surface area contributed by atoms with Gasteiger partial charge in [-0.1, -0.05) is 12.1 Å². The first kappa shape index (κ1) is 24.7. The van der Waals surface area contributed by atoms with Crippen LogP contribution in [0.25, 0.3) is 10.9 Å². The molecule has 32 heavy (non-hydrogen) atoms. The fraction of sp³-hybridized carbons (Fsp3) is 0.591. The van der Waals surface area contributed by atoms with Crippen molar-refractivity contribution in [2.45, 2.75) is 65.0 Å². The lowest BCUT2D eigenvalue weighted by molar-refractivity contribution is 0.0913. The van der Waals surface area contributed by atoms with Gasteiger partial charge in [-0.05, 0) is 70.7 Å². The quantitative estimate of drug-likeness (QED) is 0.514. The van der Waals surface area contributed by atoms with Crippen LogP contribution in [0.3, 0.4) is 0 Å². The average Bonchev–Trinajstić information content (AvgIpc) is 3.06. The van der Waals surface area contributed by atoms with Gasteiger partial charge in [0.1, 0.15) is 0 Å². The van der Waals surface area contributed by atoms with E-state index in [1.807, 2.05) is 23.4 Å². The Morgan fingerprint density at radius 1 is 1.25 bits per heavy atom. The summed E-state index contributed by atoms with van der Waals surface area (Å²) in [4.78, 5) is 38.7. The van der Waals surface area contributed by atoms with E-state index in [9.17, 15) is 4.79 Å². The number of benzene rings is 1. The zero-order valence-corrected chi connectivity index (χ0v) is 20.1. The second-order valence-electron chi connectivity index (χ2n) is 8.72. The second kappa shape index (κ2) is 9.93. The van der Waals surface area contributed by atoms with E-state index in [0.29, 0.717) is 31.1 Å². The number of likely N-dealkylation sites (tertiary alicyclic amines) is 1. The van der Waals surface area contributed by atoms with Crippen molar-refractivity contribution in [3.8, 4) is 0 Å². The number of fused-ring (bicyclic) bond motifs is 2. The summed E-state index contributed by atoms with van der Waals surface area (Å²) in [6.45, 7) is 11.3. The number of piperidine rings is 1. The van der Waals surface area contributed by atoms with Crippen LogP contribution in [0.2, 0.25) is 0 Å². The van der Waals surface area contributed by atoms with Crippen LogP contribution in [-0.2, 0) is 11.0 Å². The highest BCUT2D eigenvalue weighted by Gasteiger charge is 2.38. The SMILES string of the molecule is CCN(CC)C(=O)Nn1cc2c3c(cccc31)C1CCCN(C(C)C)[C@@H]1C2.O=P(O)(O)O. The number of amides is 2. The van der Waals surface area contributed by atoms with Crippen LogP contribution in [0.4, 0.5) is 4.79 Å². The molecule has 9 nitrogen and oxygen atoms in total. The van der Waals surface area contributed by atoms with E-state index in [1.165, 1.54) is 35.9 Å². The van der Waals surface area contributed by atoms with E-state index in [1.54, 1.807) is 0 Å². The van der Waals surface area contributed by atoms with Gasteiger partial charge >= 0.3 is 13.9 Å². The number of nitrogens with one attached hydrogen (secondary N) is 1. The van der Waals surface area contributed by atoms with Crippen LogP contribution >= 0.6 is 7.82 Å². The maximum Gasteiger partial charge on any atom is 0.466 e. The van der Waals surface area contributed by atoms with Gasteiger partial charge in [0.15, 0.2) is 0 Å². The van der Waals surface area contributed by atoms with E-state index >= 15 is 0 Å². The molecular formula is C22H35N4O5P. The first-order valence-corrected chi connectivity index (χ1v) is 12.8. The highest BCUT2D eigenvalue weighted by atomic mass is 31.2. The summed E-state index contributed by atoms with van der Waals surface area (Å²) < 4.78 is 10.8. The third-order valence-electron chi connectivity index (χ3n) is 6.52. The van der Waals surface area contributed by atoms with Crippen LogP contribution in [0, 0.1) is 0 Å². The van der Waals surface area contributed by atoms with E-state index in [2.05, 4.69) is 48.6 Å². The average molecular weight is 467 g/mol. The third-order valence-corrected chi connectivity index (χ3v) is 6.52. The summed E-state index contributed by atoms with van der Waals surface area (Å²) in [5, 5.41) is 1.37. The van der Waals surface area contributed by atoms with Crippen molar-refractivity contribution in [1.29, 1.82) is 0 Å². The van der Waals surface area contributed by atoms with Crippen molar-refractivity contribution < 1.29 is 24.0 Å². The molecule has 2 amide bonds. The molecule has 1 unspecified atom stereocenters. The first-order valence-electron chi connectivity index (χ1n) is 11.3. The van der Waals surface area contributed by atoms with Crippen molar-refractivity contribution >= 4 is 24.8 Å². The monoisotopic (exact) mass is 466 g/mol. The molecule has 178 valence electrons. The Morgan fingerprint density at radius 3 is 2.50 bits per heavy atom. The van der Waals surface area contributed by atoms with Gasteiger partial charge in [-0.15, -0.1) is 0 Å². The van der Waals surface area contributed by atoms with Crippen LogP contribution < -0.4 is 5.43 Å². The van der Waals surface area contributed by atoms with Gasteiger partial charge in [0.25, 0.3) is 0 Å². The normalized spacial score (nSPS) is 20.5. The predicted molar refractivity (Wildman–Crippen MR) is 125 cm³/mol. The van der Waals surface area contributed by atoms with Gasteiger partial charge in [-0.2, -0.15) is 0 Å². The molecule has 0 saturated carbocycles. The molecule has 2 atom stereocenters. The minimum atomic E-state index is -4.64. The Labute approximate surface area is 189 Å². The smallest absolute Gasteiger partial charge is 0.324 e. The number of urea groups is 1. The third kappa shape index (κ3) is 5.35. The minimum Gasteiger partial charge on any atom is -0.324 e. The van der Waals surface area contributed by atoms with E-state index in [4.69, 9.17) is 19.2 Å². The molecule has 4 N–H and O–H groups in total. The van der Waals surface area contributed by atoms with Crippen molar-refractivity contribution in [3.05, 3.63) is 35.5 Å². The molecule has 0 spiro atoms. The molecule has 4 rings (SSSR count). The maximum atomic E-state index is 12.6. The number of phosphoric acid groups is 1. The Hall–Kier alpha value is -1.90. The van der Waals surface area contributed by atoms with Crippen LogP contribution in [0.1, 0.15) is 57.6 Å². The van der Waals surface area contributed by atoms with Crippen LogP contribution in [0.15, 0.2) is 24.4 Å². The predicted octanol–water partition coefficient (Wildman–Crippen LogP) is 3.23. The zero-order valence-electron chi connectivity index (χ0n) is 19.2. The van der Waals surface area contributed by atoms with Crippen LogP contribution in [0.5, 0.6) is 0 Å². The lowest BCUT2D eigenvalue weighted by Crippen LogP contribution is -2.49. The van der Waals surface area contributed by atoms with Crippen LogP contribution in [-0.4, -0.2) is 66.9 Å². The number of rotatable bonds is 4. The molecule has 1 aliphatic carbocycles. The van der Waals surface area contributed by atoms with Crippen molar-refractivity contribution in [2.75, 3.05) is 25.1 Å². The van der Waals surface area contributed by atoms with Gasteiger partial charge in [0.05, 0.1) is 5.52 Å². The lowest BCUT2D eigenvalue weighted by atomic mass is 9.74. The fourth-order valence-corrected chi connectivity index (χ4v) is 5.21. The largest absolute Gasteiger partial charge is 0.466 e. The molecule has 2 aromatic rings. The Bertz CT molecular complexity index is 989. The summed E-state index contributed by atoms with van der Waals surface area (Å²) in [5.41, 5.74) is 7.07. The molecule has 10 heteroatoms. The van der Waals surface area contributed by atoms with E-state index in [0.717, 1.165) is 11.9 Å². The summed E-state index contributed by atoms with van der Waals surface area (Å²) >= 11 is 0. The van der Waals surface area contributed by atoms with E-state index < -0.39 is 7.82 Å². The summed E-state index contributed by atoms with van der Waals surface area (Å²) in [6, 6.07) is 7.71. The number of carbonyl (C=O) groups is 1. The molecule has 0 radical (unpaired) electrons. The van der Waals surface area contributed by atoms with Gasteiger partial charge in [0, 0.05) is 42.7 Å². The maximum absolute atomic E-state index is 12.6. The van der Waals surface area contributed by atoms with Crippen molar-refractivity contribution in [1.82, 2.24) is 14.5 Å². The summed E-state index contributed by atoms with van der Waals surface area (Å²) in [5.74, 6) is 0.603. The molecule has 2 aliphatic rings. The number of nitrogens with zero attached hydrogens (tertiary/aromatic N) is 3. The molecule has 1 aromatic heterocycles. The van der Waals surface area contributed by atoms with Gasteiger partial charge in [-0.3, -0.25) is 9.58 Å².